The van der Waals surface area contributed by atoms with Crippen LogP contribution in [0.3, 0.4) is 0 Å². The molecular formula is C41H23N3S2. The lowest BCUT2D eigenvalue weighted by Crippen LogP contribution is -1.90. The van der Waals surface area contributed by atoms with Crippen molar-refractivity contribution >= 4 is 75.4 Å². The summed E-state index contributed by atoms with van der Waals surface area (Å²) in [7, 11) is 0. The van der Waals surface area contributed by atoms with Crippen LogP contribution in [0.4, 0.5) is 0 Å². The molecule has 0 saturated carbocycles. The summed E-state index contributed by atoms with van der Waals surface area (Å²) < 4.78 is 2.38. The fourth-order valence-electron chi connectivity index (χ4n) is 6.85. The van der Waals surface area contributed by atoms with Gasteiger partial charge in [-0.1, -0.05) is 78.9 Å². The summed E-state index contributed by atoms with van der Waals surface area (Å²) in [5.41, 5.74) is 8.98. The lowest BCUT2D eigenvalue weighted by atomic mass is 9.87. The normalized spacial score (nSPS) is 11.9. The van der Waals surface area contributed by atoms with Crippen molar-refractivity contribution in [2.24, 2.45) is 0 Å². The number of thiazole rings is 2. The zero-order valence-corrected chi connectivity index (χ0v) is 26.1. The summed E-state index contributed by atoms with van der Waals surface area (Å²) in [6.07, 6.45) is 3.78. The van der Waals surface area contributed by atoms with Crippen LogP contribution in [0, 0.1) is 0 Å². The second-order valence-electron chi connectivity index (χ2n) is 11.7. The standard InChI is InChI=1S/C41H23N3S2/c1-3-9-36-34(7-1)43-40(45-36)28-20-27(21-29(22-28)41-44-35-8-2-4-10-37(35)46-41)31-16-12-25-13-17-32-30(26-6-5-19-42-23-26)15-11-24-14-18-33(31)39(25)38(24)32/h1-23H. The maximum atomic E-state index is 5.06. The van der Waals surface area contributed by atoms with E-state index in [9.17, 15) is 0 Å². The number of para-hydroxylation sites is 2. The average molecular weight is 622 g/mol. The van der Waals surface area contributed by atoms with Crippen molar-refractivity contribution < 1.29 is 0 Å². The number of nitrogens with zero attached hydrogens (tertiary/aromatic N) is 3. The molecule has 0 spiro atoms. The van der Waals surface area contributed by atoms with Gasteiger partial charge in [-0.2, -0.15) is 0 Å². The minimum Gasteiger partial charge on any atom is -0.264 e. The van der Waals surface area contributed by atoms with E-state index in [1.165, 1.54) is 52.8 Å². The van der Waals surface area contributed by atoms with Crippen molar-refractivity contribution in [3.8, 4) is 43.4 Å². The van der Waals surface area contributed by atoms with Crippen molar-refractivity contribution in [2.75, 3.05) is 0 Å². The van der Waals surface area contributed by atoms with Crippen LogP contribution in [0.2, 0.25) is 0 Å². The Bertz CT molecular complexity index is 2600. The Kier molecular flexibility index (Phi) is 5.61. The summed E-state index contributed by atoms with van der Waals surface area (Å²) in [4.78, 5) is 14.5. The predicted octanol–water partition coefficient (Wildman–Crippen LogP) is 11.9. The van der Waals surface area contributed by atoms with Crippen molar-refractivity contribution in [1.82, 2.24) is 15.0 Å². The predicted molar refractivity (Wildman–Crippen MR) is 196 cm³/mol. The quantitative estimate of drug-likeness (QED) is 0.184. The number of rotatable bonds is 4. The van der Waals surface area contributed by atoms with E-state index in [-0.39, 0.29) is 0 Å². The number of benzene rings is 7. The smallest absolute Gasteiger partial charge is 0.124 e. The first kappa shape index (κ1) is 25.8. The van der Waals surface area contributed by atoms with Gasteiger partial charge in [0.15, 0.2) is 0 Å². The van der Waals surface area contributed by atoms with E-state index in [4.69, 9.17) is 9.97 Å². The average Bonchev–Trinajstić information content (AvgIpc) is 3.76. The molecule has 3 heterocycles. The van der Waals surface area contributed by atoms with Gasteiger partial charge in [0, 0.05) is 29.1 Å². The summed E-state index contributed by atoms with van der Waals surface area (Å²) in [6.45, 7) is 0. The van der Waals surface area contributed by atoms with Gasteiger partial charge >= 0.3 is 0 Å². The lowest BCUT2D eigenvalue weighted by molar-refractivity contribution is 1.33. The molecule has 3 aromatic heterocycles. The van der Waals surface area contributed by atoms with Gasteiger partial charge in [-0.3, -0.25) is 4.98 Å². The van der Waals surface area contributed by atoms with E-state index in [0.29, 0.717) is 0 Å². The second-order valence-corrected chi connectivity index (χ2v) is 13.7. The maximum Gasteiger partial charge on any atom is 0.124 e. The van der Waals surface area contributed by atoms with Crippen LogP contribution in [0.15, 0.2) is 140 Å². The summed E-state index contributed by atoms with van der Waals surface area (Å²) in [5, 5.41) is 9.62. The highest BCUT2D eigenvalue weighted by atomic mass is 32.1. The molecule has 0 aliphatic rings. The SMILES string of the molecule is c1cncc(-c2ccc3ccc4c(-c5cc(-c6nc7ccccc7s6)cc(-c6nc7ccccc7s6)c5)ccc5ccc2c3c54)c1. The Morgan fingerprint density at radius 1 is 0.435 bits per heavy atom. The van der Waals surface area contributed by atoms with E-state index < -0.39 is 0 Å². The molecule has 0 bridgehead atoms. The Hall–Kier alpha value is -5.49. The molecule has 0 aliphatic heterocycles. The number of hydrogen-bond donors (Lipinski definition) is 0. The van der Waals surface area contributed by atoms with Crippen LogP contribution >= 0.6 is 22.7 Å². The Labute approximate surface area is 272 Å². The molecule has 3 nitrogen and oxygen atoms in total. The van der Waals surface area contributed by atoms with Gasteiger partial charge in [-0.15, -0.1) is 22.7 Å². The minimum atomic E-state index is 1.02. The van der Waals surface area contributed by atoms with Crippen molar-refractivity contribution in [1.29, 1.82) is 0 Å². The first-order valence-electron chi connectivity index (χ1n) is 15.3. The zero-order valence-electron chi connectivity index (χ0n) is 24.4. The molecule has 0 saturated heterocycles. The van der Waals surface area contributed by atoms with E-state index in [1.54, 1.807) is 22.7 Å². The van der Waals surface area contributed by atoms with Gasteiger partial charge in [-0.05, 0) is 97.5 Å². The molecule has 5 heteroatoms. The molecule has 10 aromatic rings. The molecule has 7 aromatic carbocycles. The highest BCUT2D eigenvalue weighted by Crippen LogP contribution is 2.44. The fourth-order valence-corrected chi connectivity index (χ4v) is 8.75. The van der Waals surface area contributed by atoms with Crippen LogP contribution < -0.4 is 0 Å². The molecule has 214 valence electrons. The van der Waals surface area contributed by atoms with Gasteiger partial charge in [0.2, 0.25) is 0 Å². The highest BCUT2D eigenvalue weighted by molar-refractivity contribution is 7.22. The Morgan fingerprint density at radius 2 is 0.957 bits per heavy atom. The summed E-state index contributed by atoms with van der Waals surface area (Å²) >= 11 is 3.48. The van der Waals surface area contributed by atoms with Gasteiger partial charge in [0.1, 0.15) is 10.0 Å². The van der Waals surface area contributed by atoms with E-state index in [1.807, 2.05) is 18.5 Å². The van der Waals surface area contributed by atoms with Gasteiger partial charge in [0.05, 0.1) is 20.4 Å². The molecule has 0 N–H and O–H groups in total. The highest BCUT2D eigenvalue weighted by Gasteiger charge is 2.18. The maximum absolute atomic E-state index is 5.06. The van der Waals surface area contributed by atoms with Crippen LogP contribution in [-0.4, -0.2) is 15.0 Å². The van der Waals surface area contributed by atoms with Crippen molar-refractivity contribution in [3.05, 3.63) is 140 Å². The first-order valence-corrected chi connectivity index (χ1v) is 16.9. The van der Waals surface area contributed by atoms with Crippen molar-refractivity contribution in [3.63, 3.8) is 0 Å². The third-order valence-corrected chi connectivity index (χ3v) is 11.1. The number of hydrogen-bond acceptors (Lipinski definition) is 5. The molecule has 0 aliphatic carbocycles. The van der Waals surface area contributed by atoms with E-state index in [0.717, 1.165) is 43.3 Å². The summed E-state index contributed by atoms with van der Waals surface area (Å²) in [5.74, 6) is 0. The second kappa shape index (κ2) is 10.0. The van der Waals surface area contributed by atoms with E-state index in [2.05, 4.69) is 126 Å². The Morgan fingerprint density at radius 3 is 1.50 bits per heavy atom. The third kappa shape index (κ3) is 3.99. The van der Waals surface area contributed by atoms with Gasteiger partial charge in [0.25, 0.3) is 0 Å². The van der Waals surface area contributed by atoms with Crippen molar-refractivity contribution in [2.45, 2.75) is 0 Å². The van der Waals surface area contributed by atoms with Gasteiger partial charge < -0.3 is 0 Å². The first-order chi connectivity index (χ1) is 22.8. The van der Waals surface area contributed by atoms with Crippen LogP contribution in [-0.2, 0) is 0 Å². The fraction of sp³-hybridized carbons (Fsp3) is 0. The largest absolute Gasteiger partial charge is 0.264 e. The molecule has 0 fully saturated rings. The monoisotopic (exact) mass is 621 g/mol. The number of fused-ring (bicyclic) bond motifs is 2. The van der Waals surface area contributed by atoms with E-state index >= 15 is 0 Å². The molecule has 46 heavy (non-hydrogen) atoms. The van der Waals surface area contributed by atoms with Crippen LogP contribution in [0.25, 0.3) is 96.1 Å². The Balaban J connectivity index is 1.24. The third-order valence-electron chi connectivity index (χ3n) is 8.96. The van der Waals surface area contributed by atoms with Gasteiger partial charge in [-0.25, -0.2) is 9.97 Å². The molecular weight excluding hydrogens is 599 g/mol. The molecule has 0 radical (unpaired) electrons. The molecule has 0 amide bonds. The zero-order chi connectivity index (χ0) is 30.2. The molecule has 0 unspecified atom stereocenters. The van der Waals surface area contributed by atoms with Crippen LogP contribution in [0.5, 0.6) is 0 Å². The number of pyridine rings is 1. The minimum absolute atomic E-state index is 1.02. The topological polar surface area (TPSA) is 38.7 Å². The van der Waals surface area contributed by atoms with Crippen LogP contribution in [0.1, 0.15) is 0 Å². The molecule has 0 atom stereocenters. The number of aromatic nitrogens is 3. The lowest BCUT2D eigenvalue weighted by Gasteiger charge is -2.17. The summed E-state index contributed by atoms with van der Waals surface area (Å²) in [6, 6.07) is 45.9. The molecule has 10 rings (SSSR count).